The quantitative estimate of drug-likeness (QED) is 0.718. The van der Waals surface area contributed by atoms with Crippen molar-refractivity contribution in [2.24, 2.45) is 0 Å². The van der Waals surface area contributed by atoms with E-state index >= 15 is 0 Å². The van der Waals surface area contributed by atoms with Crippen LogP contribution in [0.15, 0.2) is 24.3 Å². The first-order chi connectivity index (χ1) is 7.65. The summed E-state index contributed by atoms with van der Waals surface area (Å²) in [7, 11) is 1.64. The molecule has 0 saturated carbocycles. The van der Waals surface area contributed by atoms with Gasteiger partial charge >= 0.3 is 5.97 Å². The van der Waals surface area contributed by atoms with E-state index in [2.05, 4.69) is 0 Å². The summed E-state index contributed by atoms with van der Waals surface area (Å²) >= 11 is 0. The van der Waals surface area contributed by atoms with Gasteiger partial charge in [-0.15, -0.1) is 0 Å². The van der Waals surface area contributed by atoms with Crippen molar-refractivity contribution < 1.29 is 14.3 Å². The summed E-state index contributed by atoms with van der Waals surface area (Å²) < 4.78 is 10.3. The van der Waals surface area contributed by atoms with E-state index in [0.29, 0.717) is 6.42 Å². The van der Waals surface area contributed by atoms with E-state index in [1.807, 2.05) is 31.2 Å². The van der Waals surface area contributed by atoms with Gasteiger partial charge in [0.2, 0.25) is 0 Å². The van der Waals surface area contributed by atoms with Gasteiger partial charge in [0.05, 0.1) is 7.11 Å². The number of ether oxygens (including phenoxy) is 2. The zero-order valence-electron chi connectivity index (χ0n) is 10.0. The van der Waals surface area contributed by atoms with E-state index in [0.717, 1.165) is 17.7 Å². The van der Waals surface area contributed by atoms with Gasteiger partial charge in [0.1, 0.15) is 11.9 Å². The normalized spacial score (nSPS) is 11.9. The number of esters is 1. The molecule has 0 aliphatic carbocycles. The fourth-order valence-corrected chi connectivity index (χ4v) is 1.44. The van der Waals surface area contributed by atoms with E-state index < -0.39 is 0 Å². The van der Waals surface area contributed by atoms with Crippen LogP contribution in [0.3, 0.4) is 0 Å². The van der Waals surface area contributed by atoms with E-state index in [1.165, 1.54) is 0 Å². The summed E-state index contributed by atoms with van der Waals surface area (Å²) in [6, 6.07) is 7.78. The molecule has 1 rings (SSSR count). The maximum absolute atomic E-state index is 11.1. The molecule has 0 saturated heterocycles. The molecule has 3 heteroatoms. The lowest BCUT2D eigenvalue weighted by Crippen LogP contribution is -2.16. The number of rotatable bonds is 5. The first-order valence-electron chi connectivity index (χ1n) is 5.48. The van der Waals surface area contributed by atoms with Crippen LogP contribution in [0, 0.1) is 0 Å². The molecule has 0 aliphatic heterocycles. The molecule has 0 aromatic heterocycles. The van der Waals surface area contributed by atoms with Crippen LogP contribution in [-0.4, -0.2) is 19.2 Å². The SMILES string of the molecule is CCC(=O)OC(C)Cc1ccc(OC)cc1. The van der Waals surface area contributed by atoms with Crippen LogP contribution < -0.4 is 4.74 Å². The molecule has 0 aliphatic rings. The Balaban J connectivity index is 2.49. The van der Waals surface area contributed by atoms with Gasteiger partial charge in [-0.1, -0.05) is 19.1 Å². The number of hydrogen-bond acceptors (Lipinski definition) is 3. The third kappa shape index (κ3) is 3.93. The Hall–Kier alpha value is -1.51. The van der Waals surface area contributed by atoms with Gasteiger partial charge in [0.15, 0.2) is 0 Å². The number of carbonyl (C=O) groups is 1. The van der Waals surface area contributed by atoms with Gasteiger partial charge in [-0.3, -0.25) is 4.79 Å². The Morgan fingerprint density at radius 3 is 2.44 bits per heavy atom. The standard InChI is InChI=1S/C13H18O3/c1-4-13(14)16-10(2)9-11-5-7-12(15-3)8-6-11/h5-8,10H,4,9H2,1-3H3. The van der Waals surface area contributed by atoms with Gasteiger partial charge in [0, 0.05) is 12.8 Å². The van der Waals surface area contributed by atoms with Crippen LogP contribution in [0.4, 0.5) is 0 Å². The Kier molecular flexibility index (Phi) is 4.83. The fraction of sp³-hybridized carbons (Fsp3) is 0.462. The number of benzene rings is 1. The van der Waals surface area contributed by atoms with Crippen molar-refractivity contribution in [3.05, 3.63) is 29.8 Å². The molecule has 0 amide bonds. The lowest BCUT2D eigenvalue weighted by molar-refractivity contribution is -0.147. The van der Waals surface area contributed by atoms with Crippen molar-refractivity contribution in [2.75, 3.05) is 7.11 Å². The molecule has 1 atom stereocenters. The molecule has 1 aromatic rings. The Bertz CT molecular complexity index is 330. The smallest absolute Gasteiger partial charge is 0.305 e. The van der Waals surface area contributed by atoms with Crippen LogP contribution in [0.5, 0.6) is 5.75 Å². The minimum Gasteiger partial charge on any atom is -0.497 e. The molecule has 0 fully saturated rings. The molecule has 16 heavy (non-hydrogen) atoms. The van der Waals surface area contributed by atoms with Crippen LogP contribution in [-0.2, 0) is 16.0 Å². The highest BCUT2D eigenvalue weighted by atomic mass is 16.5. The van der Waals surface area contributed by atoms with Crippen LogP contribution in [0.2, 0.25) is 0 Å². The monoisotopic (exact) mass is 222 g/mol. The van der Waals surface area contributed by atoms with Crippen LogP contribution >= 0.6 is 0 Å². The number of hydrogen-bond donors (Lipinski definition) is 0. The summed E-state index contributed by atoms with van der Waals surface area (Å²) in [6.45, 7) is 3.69. The van der Waals surface area contributed by atoms with Crippen LogP contribution in [0.25, 0.3) is 0 Å². The third-order valence-electron chi connectivity index (χ3n) is 2.30. The molecule has 1 aromatic carbocycles. The molecular formula is C13H18O3. The summed E-state index contributed by atoms with van der Waals surface area (Å²) in [5.74, 6) is 0.683. The average Bonchev–Trinajstić information content (AvgIpc) is 2.29. The van der Waals surface area contributed by atoms with E-state index in [4.69, 9.17) is 9.47 Å². The zero-order chi connectivity index (χ0) is 12.0. The summed E-state index contributed by atoms with van der Waals surface area (Å²) in [4.78, 5) is 11.1. The second-order valence-electron chi connectivity index (χ2n) is 3.71. The minimum absolute atomic E-state index is 0.0826. The number of methoxy groups -OCH3 is 1. The molecule has 0 spiro atoms. The van der Waals surface area contributed by atoms with Gasteiger partial charge in [-0.25, -0.2) is 0 Å². The van der Waals surface area contributed by atoms with Gasteiger partial charge in [0.25, 0.3) is 0 Å². The van der Waals surface area contributed by atoms with Crippen molar-refractivity contribution in [3.63, 3.8) is 0 Å². The Morgan fingerprint density at radius 1 is 1.31 bits per heavy atom. The van der Waals surface area contributed by atoms with Crippen LogP contribution in [0.1, 0.15) is 25.8 Å². The molecule has 88 valence electrons. The lowest BCUT2D eigenvalue weighted by Gasteiger charge is -2.12. The predicted molar refractivity (Wildman–Crippen MR) is 62.5 cm³/mol. The number of carbonyl (C=O) groups excluding carboxylic acids is 1. The first-order valence-corrected chi connectivity index (χ1v) is 5.48. The van der Waals surface area contributed by atoms with E-state index in [9.17, 15) is 4.79 Å². The fourth-order valence-electron chi connectivity index (χ4n) is 1.44. The molecule has 3 nitrogen and oxygen atoms in total. The minimum atomic E-state index is -0.152. The van der Waals surface area contributed by atoms with Gasteiger partial charge < -0.3 is 9.47 Å². The largest absolute Gasteiger partial charge is 0.497 e. The maximum Gasteiger partial charge on any atom is 0.305 e. The van der Waals surface area contributed by atoms with Crippen molar-refractivity contribution in [1.82, 2.24) is 0 Å². The van der Waals surface area contributed by atoms with Crippen molar-refractivity contribution in [3.8, 4) is 5.75 Å². The summed E-state index contributed by atoms with van der Waals surface area (Å²) in [6.07, 6.45) is 1.07. The van der Waals surface area contributed by atoms with Gasteiger partial charge in [-0.2, -0.15) is 0 Å². The lowest BCUT2D eigenvalue weighted by atomic mass is 10.1. The third-order valence-corrected chi connectivity index (χ3v) is 2.30. The summed E-state index contributed by atoms with van der Waals surface area (Å²) in [5.41, 5.74) is 1.14. The molecule has 0 radical (unpaired) electrons. The molecule has 1 unspecified atom stereocenters. The van der Waals surface area contributed by atoms with Crippen molar-refractivity contribution in [1.29, 1.82) is 0 Å². The predicted octanol–water partition coefficient (Wildman–Crippen LogP) is 2.58. The van der Waals surface area contributed by atoms with E-state index in [1.54, 1.807) is 14.0 Å². The highest BCUT2D eigenvalue weighted by Gasteiger charge is 2.08. The van der Waals surface area contributed by atoms with Crippen molar-refractivity contribution >= 4 is 5.97 Å². The molecular weight excluding hydrogens is 204 g/mol. The Labute approximate surface area is 96.4 Å². The second kappa shape index (κ2) is 6.16. The highest BCUT2D eigenvalue weighted by Crippen LogP contribution is 2.13. The maximum atomic E-state index is 11.1. The Morgan fingerprint density at radius 2 is 1.94 bits per heavy atom. The van der Waals surface area contributed by atoms with Crippen molar-refractivity contribution in [2.45, 2.75) is 32.8 Å². The summed E-state index contributed by atoms with van der Waals surface area (Å²) in [5, 5.41) is 0. The molecule has 0 N–H and O–H groups in total. The second-order valence-corrected chi connectivity index (χ2v) is 3.71. The molecule has 0 bridgehead atoms. The van der Waals surface area contributed by atoms with Gasteiger partial charge in [-0.05, 0) is 24.6 Å². The zero-order valence-corrected chi connectivity index (χ0v) is 10.0. The highest BCUT2D eigenvalue weighted by molar-refractivity contribution is 5.69. The van der Waals surface area contributed by atoms with E-state index in [-0.39, 0.29) is 12.1 Å². The molecule has 0 heterocycles. The first kappa shape index (κ1) is 12.6. The average molecular weight is 222 g/mol. The topological polar surface area (TPSA) is 35.5 Å².